The molecule has 0 atom stereocenters. The molecule has 0 aliphatic carbocycles. The third-order valence-electron chi connectivity index (χ3n) is 8.08. The summed E-state index contributed by atoms with van der Waals surface area (Å²) in [5.41, 5.74) is 10.3. The van der Waals surface area contributed by atoms with Crippen LogP contribution in [0.25, 0.3) is 28.0 Å². The molecule has 214 valence electrons. The first kappa shape index (κ1) is 28.3. The lowest BCUT2D eigenvalue weighted by Gasteiger charge is -2.35. The van der Waals surface area contributed by atoms with Crippen LogP contribution in [-0.4, -0.2) is 51.4 Å². The largest absolute Gasteiger partial charge is 0.322 e. The Hall–Kier alpha value is -3.84. The average molecular weight is 599 g/mol. The molecule has 2 amide bonds. The van der Waals surface area contributed by atoms with Crippen molar-refractivity contribution in [1.82, 2.24) is 19.2 Å². The molecule has 1 saturated heterocycles. The lowest BCUT2D eigenvalue weighted by Crippen LogP contribution is -2.49. The Morgan fingerprint density at radius 2 is 1.48 bits per heavy atom. The Bertz CT molecular complexity index is 1750. The molecule has 2 aromatic heterocycles. The highest BCUT2D eigenvalue weighted by molar-refractivity contribution is 6.31. The van der Waals surface area contributed by atoms with Crippen molar-refractivity contribution in [2.45, 2.75) is 27.3 Å². The number of nitrogens with zero attached hydrogens (tertiary/aromatic N) is 4. The fourth-order valence-electron chi connectivity index (χ4n) is 5.71. The summed E-state index contributed by atoms with van der Waals surface area (Å²) < 4.78 is 2.20. The molecule has 0 spiro atoms. The predicted octanol–water partition coefficient (Wildman–Crippen LogP) is 8.25. The van der Waals surface area contributed by atoms with Crippen LogP contribution in [0.15, 0.2) is 79.0 Å². The van der Waals surface area contributed by atoms with Crippen LogP contribution in [0.2, 0.25) is 10.0 Å². The van der Waals surface area contributed by atoms with E-state index < -0.39 is 0 Å². The average Bonchev–Trinajstić information content (AvgIpc) is 3.33. The summed E-state index contributed by atoms with van der Waals surface area (Å²) >= 11 is 12.5. The van der Waals surface area contributed by atoms with E-state index in [-0.39, 0.29) is 6.03 Å². The number of imidazole rings is 1. The smallest absolute Gasteiger partial charge is 0.321 e. The number of piperazine rings is 1. The van der Waals surface area contributed by atoms with E-state index in [2.05, 4.69) is 45.9 Å². The summed E-state index contributed by atoms with van der Waals surface area (Å²) in [6.07, 6.45) is 2.17. The van der Waals surface area contributed by atoms with E-state index in [9.17, 15) is 4.79 Å². The molecule has 0 saturated carbocycles. The van der Waals surface area contributed by atoms with Crippen molar-refractivity contribution in [1.29, 1.82) is 0 Å². The summed E-state index contributed by atoms with van der Waals surface area (Å²) in [4.78, 5) is 22.5. The summed E-state index contributed by atoms with van der Waals surface area (Å²) in [5.74, 6) is 0. The number of hydrogen-bond acceptors (Lipinski definition) is 3. The quantitative estimate of drug-likeness (QED) is 0.222. The molecular formula is C34H33Cl2N5O. The highest BCUT2D eigenvalue weighted by Crippen LogP contribution is 2.31. The maximum absolute atomic E-state index is 13.1. The number of rotatable bonds is 5. The van der Waals surface area contributed by atoms with Gasteiger partial charge in [-0.15, -0.1) is 0 Å². The number of urea groups is 1. The maximum atomic E-state index is 13.1. The number of aryl methyl sites for hydroxylation is 3. The number of amides is 2. The minimum Gasteiger partial charge on any atom is -0.322 e. The van der Waals surface area contributed by atoms with E-state index in [1.54, 1.807) is 0 Å². The van der Waals surface area contributed by atoms with Crippen LogP contribution in [0, 0.1) is 20.8 Å². The van der Waals surface area contributed by atoms with Gasteiger partial charge in [-0.05, 0) is 85.0 Å². The second-order valence-corrected chi connectivity index (χ2v) is 11.9. The van der Waals surface area contributed by atoms with Crippen molar-refractivity contribution in [3.8, 4) is 22.4 Å². The van der Waals surface area contributed by atoms with Gasteiger partial charge in [0.15, 0.2) is 0 Å². The van der Waals surface area contributed by atoms with Gasteiger partial charge in [-0.1, -0.05) is 59.6 Å². The van der Waals surface area contributed by atoms with Crippen molar-refractivity contribution in [3.05, 3.63) is 111 Å². The topological polar surface area (TPSA) is 52.9 Å². The van der Waals surface area contributed by atoms with Crippen LogP contribution in [0.3, 0.4) is 0 Å². The normalized spacial score (nSPS) is 14.0. The molecule has 0 bridgehead atoms. The van der Waals surface area contributed by atoms with Gasteiger partial charge in [0.25, 0.3) is 0 Å². The number of carbonyl (C=O) groups is 1. The van der Waals surface area contributed by atoms with Crippen LogP contribution >= 0.6 is 23.2 Å². The summed E-state index contributed by atoms with van der Waals surface area (Å²) in [5, 5.41) is 4.56. The van der Waals surface area contributed by atoms with E-state index in [1.807, 2.05) is 73.3 Å². The highest BCUT2D eigenvalue weighted by Gasteiger charge is 2.24. The molecule has 5 aromatic rings. The number of para-hydroxylation sites is 1. The van der Waals surface area contributed by atoms with Crippen molar-refractivity contribution in [2.24, 2.45) is 0 Å². The van der Waals surface area contributed by atoms with Gasteiger partial charge in [0, 0.05) is 60.2 Å². The molecular weight excluding hydrogens is 565 g/mol. The monoisotopic (exact) mass is 597 g/mol. The van der Waals surface area contributed by atoms with Gasteiger partial charge in [0.2, 0.25) is 0 Å². The molecule has 6 rings (SSSR count). The lowest BCUT2D eigenvalue weighted by molar-refractivity contribution is 0.142. The molecule has 3 heterocycles. The molecule has 3 aromatic carbocycles. The molecule has 1 fully saturated rings. The first-order valence-corrected chi connectivity index (χ1v) is 14.9. The van der Waals surface area contributed by atoms with Gasteiger partial charge in [0.05, 0.1) is 11.4 Å². The number of fused-ring (bicyclic) bond motifs is 1. The third-order valence-corrected chi connectivity index (χ3v) is 8.57. The van der Waals surface area contributed by atoms with Crippen molar-refractivity contribution in [2.75, 3.05) is 31.5 Å². The van der Waals surface area contributed by atoms with Crippen LogP contribution in [0.4, 0.5) is 10.5 Å². The maximum Gasteiger partial charge on any atom is 0.321 e. The molecule has 1 aliphatic heterocycles. The Morgan fingerprint density at radius 3 is 2.17 bits per heavy atom. The Kier molecular flexibility index (Phi) is 7.95. The molecule has 0 unspecified atom stereocenters. The number of anilines is 1. The van der Waals surface area contributed by atoms with E-state index in [1.165, 1.54) is 0 Å². The Balaban J connectivity index is 1.27. The predicted molar refractivity (Wildman–Crippen MR) is 173 cm³/mol. The van der Waals surface area contributed by atoms with E-state index in [0.717, 1.165) is 74.2 Å². The van der Waals surface area contributed by atoms with Gasteiger partial charge in [-0.2, -0.15) is 0 Å². The third kappa shape index (κ3) is 5.75. The van der Waals surface area contributed by atoms with Gasteiger partial charge in [-0.3, -0.25) is 4.90 Å². The zero-order valence-electron chi connectivity index (χ0n) is 24.0. The summed E-state index contributed by atoms with van der Waals surface area (Å²) in [6, 6.07) is 24.0. The summed E-state index contributed by atoms with van der Waals surface area (Å²) in [7, 11) is 0. The van der Waals surface area contributed by atoms with Crippen LogP contribution in [0.1, 0.15) is 22.4 Å². The number of pyridine rings is 1. The van der Waals surface area contributed by atoms with Gasteiger partial charge in [0.1, 0.15) is 5.65 Å². The molecule has 6 nitrogen and oxygen atoms in total. The first-order chi connectivity index (χ1) is 20.3. The minimum atomic E-state index is -0.0494. The lowest BCUT2D eigenvalue weighted by atomic mass is 10.0. The van der Waals surface area contributed by atoms with Gasteiger partial charge in [-0.25, -0.2) is 9.78 Å². The number of carbonyl (C=O) groups excluding carboxylic acids is 1. The second kappa shape index (κ2) is 11.8. The van der Waals surface area contributed by atoms with E-state index in [0.29, 0.717) is 24.7 Å². The molecule has 1 aliphatic rings. The molecule has 42 heavy (non-hydrogen) atoms. The summed E-state index contributed by atoms with van der Waals surface area (Å²) in [6.45, 7) is 9.66. The van der Waals surface area contributed by atoms with Crippen LogP contribution in [0.5, 0.6) is 0 Å². The van der Waals surface area contributed by atoms with Crippen molar-refractivity contribution >= 4 is 40.6 Å². The fourth-order valence-corrected chi connectivity index (χ4v) is 6.06. The van der Waals surface area contributed by atoms with E-state index in [4.69, 9.17) is 28.2 Å². The molecule has 0 radical (unpaired) electrons. The van der Waals surface area contributed by atoms with E-state index >= 15 is 0 Å². The molecule has 1 N–H and O–H groups in total. The standard InChI is InChI=1S/C34H33Cl2N5O/c1-22-5-4-6-23(2)32(22)38-34(42)40-17-15-39(16-18-40)21-30-33(25-7-10-27(35)11-8-25)37-31-14-9-26(20-41(30)31)29-13-12-28(36)19-24(29)3/h4-14,19-20H,15-18,21H2,1-3H3,(H,38,42). The van der Waals surface area contributed by atoms with Crippen molar-refractivity contribution in [3.63, 3.8) is 0 Å². The number of halogens is 2. The SMILES string of the molecule is Cc1cc(Cl)ccc1-c1ccc2nc(-c3ccc(Cl)cc3)c(CN3CCN(C(=O)Nc4c(C)cccc4C)CC3)n2c1. The van der Waals surface area contributed by atoms with Gasteiger partial charge < -0.3 is 14.6 Å². The van der Waals surface area contributed by atoms with Crippen LogP contribution in [-0.2, 0) is 6.54 Å². The zero-order valence-corrected chi connectivity index (χ0v) is 25.5. The number of aromatic nitrogens is 2. The Labute approximate surface area is 256 Å². The molecule has 8 heteroatoms. The van der Waals surface area contributed by atoms with Gasteiger partial charge >= 0.3 is 6.03 Å². The first-order valence-electron chi connectivity index (χ1n) is 14.1. The van der Waals surface area contributed by atoms with Crippen molar-refractivity contribution < 1.29 is 4.79 Å². The number of nitrogens with one attached hydrogen (secondary N) is 1. The highest BCUT2D eigenvalue weighted by atomic mass is 35.5. The zero-order chi connectivity index (χ0) is 29.4. The van der Waals surface area contributed by atoms with Crippen LogP contribution < -0.4 is 5.32 Å². The number of benzene rings is 3. The minimum absolute atomic E-state index is 0.0494. The number of hydrogen-bond donors (Lipinski definition) is 1. The second-order valence-electron chi connectivity index (χ2n) is 11.0. The Morgan fingerprint density at radius 1 is 0.810 bits per heavy atom. The fraction of sp³-hybridized carbons (Fsp3) is 0.235.